The molecule has 7 heteroatoms. The molecular formula is C10H15ClN2O4. The summed E-state index contributed by atoms with van der Waals surface area (Å²) in [6.07, 6.45) is 0. The van der Waals surface area contributed by atoms with E-state index in [1.165, 1.54) is 13.2 Å². The van der Waals surface area contributed by atoms with Gasteiger partial charge in [-0.3, -0.25) is 4.79 Å². The Morgan fingerprint density at radius 2 is 2.35 bits per heavy atom. The fraction of sp³-hybridized carbons (Fsp3) is 0.600. The minimum atomic E-state index is -0.335. The molecule has 0 aliphatic carbocycles. The van der Waals surface area contributed by atoms with Gasteiger partial charge in [0.2, 0.25) is 0 Å². The van der Waals surface area contributed by atoms with Gasteiger partial charge < -0.3 is 19.3 Å². The molecule has 0 aliphatic heterocycles. The number of hydrogen-bond acceptors (Lipinski definition) is 5. The van der Waals surface area contributed by atoms with Crippen molar-refractivity contribution in [2.75, 3.05) is 27.4 Å². The van der Waals surface area contributed by atoms with Crippen LogP contribution in [0.25, 0.3) is 0 Å². The summed E-state index contributed by atoms with van der Waals surface area (Å²) in [5.41, 5.74) is 0.207. The van der Waals surface area contributed by atoms with E-state index in [1.807, 2.05) is 0 Å². The van der Waals surface area contributed by atoms with Crippen molar-refractivity contribution in [1.29, 1.82) is 0 Å². The average molecular weight is 263 g/mol. The fourth-order valence-corrected chi connectivity index (χ4v) is 1.37. The molecule has 0 aliphatic rings. The number of rotatable bonds is 7. The van der Waals surface area contributed by atoms with Crippen molar-refractivity contribution in [1.82, 2.24) is 10.5 Å². The molecule has 6 nitrogen and oxygen atoms in total. The highest BCUT2D eigenvalue weighted by Crippen LogP contribution is 2.04. The van der Waals surface area contributed by atoms with E-state index in [9.17, 15) is 4.79 Å². The second-order valence-electron chi connectivity index (χ2n) is 3.37. The first-order valence-electron chi connectivity index (χ1n) is 5.03. The second-order valence-corrected chi connectivity index (χ2v) is 3.99. The SMILES string of the molecule is COCc1cc(C(=O)NCC(Cl)COC)no1. The normalized spacial score (nSPS) is 12.4. The third-order valence-electron chi connectivity index (χ3n) is 1.91. The summed E-state index contributed by atoms with van der Waals surface area (Å²) >= 11 is 5.86. The van der Waals surface area contributed by atoms with Crippen molar-refractivity contribution >= 4 is 17.5 Å². The van der Waals surface area contributed by atoms with Crippen LogP contribution in [0.5, 0.6) is 0 Å². The molecule has 0 radical (unpaired) electrons. The molecule has 96 valence electrons. The van der Waals surface area contributed by atoms with Crippen LogP contribution in [0.1, 0.15) is 16.2 Å². The molecular weight excluding hydrogens is 248 g/mol. The van der Waals surface area contributed by atoms with Crippen LogP contribution in [0.2, 0.25) is 0 Å². The Bertz CT molecular complexity index is 356. The van der Waals surface area contributed by atoms with Gasteiger partial charge in [0.05, 0.1) is 12.0 Å². The molecule has 0 spiro atoms. The lowest BCUT2D eigenvalue weighted by Crippen LogP contribution is -2.31. The van der Waals surface area contributed by atoms with Gasteiger partial charge in [0.25, 0.3) is 5.91 Å². The van der Waals surface area contributed by atoms with E-state index < -0.39 is 0 Å². The molecule has 0 saturated heterocycles. The molecule has 1 amide bonds. The molecule has 1 aromatic heterocycles. The number of halogens is 1. The van der Waals surface area contributed by atoms with E-state index in [0.717, 1.165) is 0 Å². The third kappa shape index (κ3) is 4.72. The largest absolute Gasteiger partial charge is 0.383 e. The quantitative estimate of drug-likeness (QED) is 0.736. The lowest BCUT2D eigenvalue weighted by molar-refractivity contribution is 0.0939. The lowest BCUT2D eigenvalue weighted by Gasteiger charge is -2.08. The summed E-state index contributed by atoms with van der Waals surface area (Å²) in [6.45, 7) is 0.957. The molecule has 1 N–H and O–H groups in total. The van der Waals surface area contributed by atoms with Gasteiger partial charge in [-0.05, 0) is 0 Å². The number of alkyl halides is 1. The van der Waals surface area contributed by atoms with Gasteiger partial charge in [-0.15, -0.1) is 11.6 Å². The summed E-state index contributed by atoms with van der Waals surface area (Å²) in [6, 6.07) is 1.53. The number of amides is 1. The van der Waals surface area contributed by atoms with Crippen molar-refractivity contribution in [3.05, 3.63) is 17.5 Å². The van der Waals surface area contributed by atoms with Gasteiger partial charge in [0, 0.05) is 26.8 Å². The maximum atomic E-state index is 11.6. The number of nitrogens with zero attached hydrogens (tertiary/aromatic N) is 1. The van der Waals surface area contributed by atoms with Crippen molar-refractivity contribution in [3.8, 4) is 0 Å². The number of methoxy groups -OCH3 is 2. The molecule has 0 fully saturated rings. The Balaban J connectivity index is 2.40. The predicted octanol–water partition coefficient (Wildman–Crippen LogP) is 0.805. The van der Waals surface area contributed by atoms with Crippen molar-refractivity contribution in [2.24, 2.45) is 0 Å². The third-order valence-corrected chi connectivity index (χ3v) is 2.19. The zero-order valence-electron chi connectivity index (χ0n) is 9.73. The van der Waals surface area contributed by atoms with Crippen LogP contribution >= 0.6 is 11.6 Å². The molecule has 1 rings (SSSR count). The highest BCUT2D eigenvalue weighted by molar-refractivity contribution is 6.21. The van der Waals surface area contributed by atoms with Gasteiger partial charge in [-0.25, -0.2) is 0 Å². The van der Waals surface area contributed by atoms with E-state index >= 15 is 0 Å². The summed E-state index contributed by atoms with van der Waals surface area (Å²) in [5, 5.41) is 5.97. The number of carbonyl (C=O) groups is 1. The van der Waals surface area contributed by atoms with Gasteiger partial charge in [-0.2, -0.15) is 0 Å². The fourth-order valence-electron chi connectivity index (χ4n) is 1.16. The molecule has 17 heavy (non-hydrogen) atoms. The van der Waals surface area contributed by atoms with E-state index in [-0.39, 0.29) is 23.6 Å². The molecule has 0 bridgehead atoms. The van der Waals surface area contributed by atoms with Gasteiger partial charge in [0.1, 0.15) is 6.61 Å². The number of carbonyl (C=O) groups excluding carboxylic acids is 1. The molecule has 0 aromatic carbocycles. The minimum absolute atomic E-state index is 0.207. The molecule has 1 atom stereocenters. The van der Waals surface area contributed by atoms with Crippen molar-refractivity contribution in [3.63, 3.8) is 0 Å². The summed E-state index contributed by atoms with van der Waals surface area (Å²) in [7, 11) is 3.08. The first kappa shape index (κ1) is 14.0. The smallest absolute Gasteiger partial charge is 0.273 e. The maximum absolute atomic E-state index is 11.6. The van der Waals surface area contributed by atoms with Crippen LogP contribution in [-0.4, -0.2) is 43.8 Å². The number of hydrogen-bond donors (Lipinski definition) is 1. The Kier molecular flexibility index (Phi) is 5.96. The Morgan fingerprint density at radius 1 is 1.59 bits per heavy atom. The first-order valence-corrected chi connectivity index (χ1v) is 5.46. The minimum Gasteiger partial charge on any atom is -0.383 e. The Morgan fingerprint density at radius 3 is 3.00 bits per heavy atom. The van der Waals surface area contributed by atoms with Crippen LogP contribution in [0.4, 0.5) is 0 Å². The number of nitrogens with one attached hydrogen (secondary N) is 1. The lowest BCUT2D eigenvalue weighted by atomic mass is 10.3. The Hall–Kier alpha value is -1.11. The van der Waals surface area contributed by atoms with E-state index in [4.69, 9.17) is 25.6 Å². The Labute approximate surface area is 104 Å². The highest BCUT2D eigenvalue weighted by atomic mass is 35.5. The zero-order chi connectivity index (χ0) is 12.7. The molecule has 0 saturated carbocycles. The van der Waals surface area contributed by atoms with E-state index in [2.05, 4.69) is 10.5 Å². The number of ether oxygens (including phenoxy) is 2. The van der Waals surface area contributed by atoms with E-state index in [0.29, 0.717) is 18.9 Å². The highest BCUT2D eigenvalue weighted by Gasteiger charge is 2.13. The van der Waals surface area contributed by atoms with Crippen molar-refractivity contribution < 1.29 is 18.8 Å². The van der Waals surface area contributed by atoms with Crippen LogP contribution in [-0.2, 0) is 16.1 Å². The van der Waals surface area contributed by atoms with Crippen LogP contribution in [0.15, 0.2) is 10.6 Å². The summed E-state index contributed by atoms with van der Waals surface area (Å²) < 4.78 is 14.6. The first-order chi connectivity index (χ1) is 8.17. The monoisotopic (exact) mass is 262 g/mol. The standard InChI is InChI=1S/C10H15ClN2O4/c1-15-5-7(11)4-12-10(14)9-3-8(6-16-2)17-13-9/h3,7H,4-6H2,1-2H3,(H,12,14). The molecule has 1 aromatic rings. The van der Waals surface area contributed by atoms with Gasteiger partial charge in [0.15, 0.2) is 11.5 Å². The second kappa shape index (κ2) is 7.26. The summed E-state index contributed by atoms with van der Waals surface area (Å²) in [4.78, 5) is 11.6. The van der Waals surface area contributed by atoms with Crippen LogP contribution in [0.3, 0.4) is 0 Å². The molecule has 1 unspecified atom stereocenters. The predicted molar refractivity (Wildman–Crippen MR) is 61.1 cm³/mol. The average Bonchev–Trinajstić information content (AvgIpc) is 2.75. The maximum Gasteiger partial charge on any atom is 0.273 e. The van der Waals surface area contributed by atoms with Crippen LogP contribution in [0, 0.1) is 0 Å². The molecule has 1 heterocycles. The van der Waals surface area contributed by atoms with Crippen LogP contribution < -0.4 is 5.32 Å². The number of aromatic nitrogens is 1. The zero-order valence-corrected chi connectivity index (χ0v) is 10.5. The summed E-state index contributed by atoms with van der Waals surface area (Å²) in [5.74, 6) is 0.162. The topological polar surface area (TPSA) is 73.6 Å². The van der Waals surface area contributed by atoms with Gasteiger partial charge in [-0.1, -0.05) is 5.16 Å². The van der Waals surface area contributed by atoms with E-state index in [1.54, 1.807) is 7.11 Å². The van der Waals surface area contributed by atoms with Gasteiger partial charge >= 0.3 is 0 Å². The van der Waals surface area contributed by atoms with Crippen molar-refractivity contribution in [2.45, 2.75) is 12.0 Å².